The molecule has 2 aromatic rings. The lowest BCUT2D eigenvalue weighted by Crippen LogP contribution is -2.73. The molecule has 2 aliphatic heterocycles. The summed E-state index contributed by atoms with van der Waals surface area (Å²) < 4.78 is 39.8. The summed E-state index contributed by atoms with van der Waals surface area (Å²) in [5.74, 6) is -0.468. The number of benzene rings is 2. The number of aryl methyl sites for hydroxylation is 1. The average Bonchev–Trinajstić information content (AvgIpc) is 2.85. The van der Waals surface area contributed by atoms with Gasteiger partial charge in [0.1, 0.15) is 12.2 Å². The number of hydrogen-bond donors (Lipinski definition) is 1. The van der Waals surface area contributed by atoms with E-state index in [-0.39, 0.29) is 51.0 Å². The summed E-state index contributed by atoms with van der Waals surface area (Å²) in [4.78, 5) is 46.3. The Kier molecular flexibility index (Phi) is 8.41. The van der Waals surface area contributed by atoms with Crippen molar-refractivity contribution in [3.05, 3.63) is 69.7 Å². The number of fused-ring (bicyclic) bond motifs is 1. The Hall–Kier alpha value is -3.31. The van der Waals surface area contributed by atoms with Crippen LogP contribution in [0.25, 0.3) is 0 Å². The molecule has 2 fully saturated rings. The minimum atomic E-state index is -4.50. The maximum atomic E-state index is 13.6. The second kappa shape index (κ2) is 11.4. The lowest BCUT2D eigenvalue weighted by molar-refractivity contribution is -0.168. The van der Waals surface area contributed by atoms with Crippen LogP contribution in [0.5, 0.6) is 0 Å². The van der Waals surface area contributed by atoms with Crippen molar-refractivity contribution in [1.82, 2.24) is 24.9 Å². The molecule has 2 saturated heterocycles. The highest BCUT2D eigenvalue weighted by Gasteiger charge is 2.48. The zero-order valence-electron chi connectivity index (χ0n) is 22.0. The minimum Gasteiger partial charge on any atom is -0.334 e. The number of nitrogens with one attached hydrogen (secondary N) is 1. The quantitative estimate of drug-likeness (QED) is 0.579. The van der Waals surface area contributed by atoms with Gasteiger partial charge in [0.25, 0.3) is 0 Å². The van der Waals surface area contributed by atoms with Crippen LogP contribution in [0.15, 0.2) is 42.5 Å². The first-order valence-corrected chi connectivity index (χ1v) is 12.9. The number of hydrogen-bond acceptors (Lipinski definition) is 4. The Morgan fingerprint density at radius 1 is 1.15 bits per heavy atom. The van der Waals surface area contributed by atoms with Crippen LogP contribution in [0.4, 0.5) is 18.0 Å². The molecule has 2 atom stereocenters. The van der Waals surface area contributed by atoms with Crippen LogP contribution in [-0.4, -0.2) is 83.4 Å². The highest BCUT2D eigenvalue weighted by atomic mass is 35.5. The molecule has 8 nitrogen and oxygen atoms in total. The Balaban J connectivity index is 1.57. The number of amides is 4. The smallest absolute Gasteiger partial charge is 0.334 e. The highest BCUT2D eigenvalue weighted by Crippen LogP contribution is 2.31. The van der Waals surface area contributed by atoms with Gasteiger partial charge in [0.2, 0.25) is 11.8 Å². The van der Waals surface area contributed by atoms with E-state index in [4.69, 9.17) is 11.6 Å². The van der Waals surface area contributed by atoms with E-state index in [2.05, 4.69) is 5.32 Å². The van der Waals surface area contributed by atoms with Crippen LogP contribution >= 0.6 is 11.6 Å². The molecule has 0 aliphatic carbocycles. The number of carbonyl (C=O) groups is 3. The summed E-state index contributed by atoms with van der Waals surface area (Å²) in [6.07, 6.45) is -5.20. The molecule has 4 amide bonds. The summed E-state index contributed by atoms with van der Waals surface area (Å²) in [6, 6.07) is 9.47. The fourth-order valence-corrected chi connectivity index (χ4v) is 5.32. The van der Waals surface area contributed by atoms with E-state index in [9.17, 15) is 27.6 Å². The van der Waals surface area contributed by atoms with Gasteiger partial charge >= 0.3 is 12.2 Å². The van der Waals surface area contributed by atoms with Gasteiger partial charge in [0.05, 0.1) is 12.1 Å². The van der Waals surface area contributed by atoms with Crippen LogP contribution in [0.2, 0.25) is 5.02 Å². The number of nitrogens with zero attached hydrogens (tertiary/aromatic N) is 4. The first-order chi connectivity index (χ1) is 18.3. The number of likely N-dealkylation sites (N-methyl/N-ethyl adjacent to an activating group) is 1. The fraction of sp³-hybridized carbons (Fsp3) is 0.444. The van der Waals surface area contributed by atoms with Crippen molar-refractivity contribution in [2.75, 3.05) is 33.7 Å². The predicted molar refractivity (Wildman–Crippen MR) is 140 cm³/mol. The molecule has 2 heterocycles. The molecule has 1 N–H and O–H groups in total. The van der Waals surface area contributed by atoms with Crippen molar-refractivity contribution in [3.8, 4) is 0 Å². The number of rotatable bonds is 6. The third-order valence-electron chi connectivity index (χ3n) is 6.88. The van der Waals surface area contributed by atoms with Gasteiger partial charge in [-0.3, -0.25) is 9.59 Å². The normalized spacial score (nSPS) is 19.9. The van der Waals surface area contributed by atoms with Gasteiger partial charge in [0, 0.05) is 37.6 Å². The van der Waals surface area contributed by atoms with Crippen LogP contribution in [0.3, 0.4) is 0 Å². The Morgan fingerprint density at radius 2 is 1.87 bits per heavy atom. The van der Waals surface area contributed by atoms with Crippen molar-refractivity contribution >= 4 is 29.4 Å². The second-order valence-electron chi connectivity index (χ2n) is 10.2. The zero-order chi connectivity index (χ0) is 28.5. The molecule has 2 aliphatic rings. The highest BCUT2D eigenvalue weighted by molar-refractivity contribution is 6.31. The van der Waals surface area contributed by atoms with Gasteiger partial charge in [-0.05, 0) is 50.3 Å². The third kappa shape index (κ3) is 6.47. The maximum Gasteiger partial charge on any atom is 0.416 e. The molecule has 210 valence electrons. The summed E-state index contributed by atoms with van der Waals surface area (Å²) in [6.45, 7) is 2.11. The third-order valence-corrected chi connectivity index (χ3v) is 7.25. The van der Waals surface area contributed by atoms with Crippen LogP contribution in [0.1, 0.15) is 28.7 Å². The molecule has 0 spiro atoms. The molecule has 0 bridgehead atoms. The first-order valence-electron chi connectivity index (χ1n) is 12.6. The van der Waals surface area contributed by atoms with E-state index in [0.717, 1.165) is 17.7 Å². The SMILES string of the molecule is Cc1cc(CNC(=O)N2CCC(=O)N3[C@@H]2CN(Cc2ccccc2Cl)C(=O)[C@@H]3CN(C)C)cc(C(F)(F)F)c1. The molecule has 0 saturated carbocycles. The van der Waals surface area contributed by atoms with E-state index < -0.39 is 30.0 Å². The van der Waals surface area contributed by atoms with Crippen molar-refractivity contribution < 1.29 is 27.6 Å². The van der Waals surface area contributed by atoms with Crippen LogP contribution in [-0.2, 0) is 28.9 Å². The lowest BCUT2D eigenvalue weighted by atomic mass is 10.0. The van der Waals surface area contributed by atoms with E-state index >= 15 is 0 Å². The molecular weight excluding hydrogens is 535 g/mol. The van der Waals surface area contributed by atoms with Crippen molar-refractivity contribution in [1.29, 1.82) is 0 Å². The average molecular weight is 566 g/mol. The maximum absolute atomic E-state index is 13.6. The molecule has 0 radical (unpaired) electrons. The molecule has 2 aromatic carbocycles. The molecule has 4 rings (SSSR count). The van der Waals surface area contributed by atoms with Gasteiger partial charge in [0.15, 0.2) is 0 Å². The number of piperazine rings is 1. The van der Waals surface area contributed by atoms with E-state index in [1.54, 1.807) is 49.0 Å². The predicted octanol–water partition coefficient (Wildman–Crippen LogP) is 3.71. The monoisotopic (exact) mass is 565 g/mol. The van der Waals surface area contributed by atoms with Crippen LogP contribution < -0.4 is 5.32 Å². The Morgan fingerprint density at radius 3 is 2.54 bits per heavy atom. The number of carbonyl (C=O) groups excluding carboxylic acids is 3. The number of halogens is 4. The minimum absolute atomic E-state index is 0.0360. The number of alkyl halides is 3. The first kappa shape index (κ1) is 28.7. The summed E-state index contributed by atoms with van der Waals surface area (Å²) in [5, 5.41) is 3.21. The van der Waals surface area contributed by atoms with Crippen molar-refractivity contribution in [2.24, 2.45) is 0 Å². The summed E-state index contributed by atoms with van der Waals surface area (Å²) in [7, 11) is 3.59. The summed E-state index contributed by atoms with van der Waals surface area (Å²) >= 11 is 6.35. The van der Waals surface area contributed by atoms with E-state index in [0.29, 0.717) is 16.1 Å². The topological polar surface area (TPSA) is 76.2 Å². The van der Waals surface area contributed by atoms with Gasteiger partial charge in [-0.15, -0.1) is 0 Å². The molecule has 0 unspecified atom stereocenters. The summed E-state index contributed by atoms with van der Waals surface area (Å²) in [5.41, 5.74) is 0.693. The number of urea groups is 1. The molecular formula is C27H31ClF3N5O3. The van der Waals surface area contributed by atoms with Gasteiger partial charge < -0.3 is 24.9 Å². The molecule has 12 heteroatoms. The standard InChI is InChI=1S/C27H31ClF3N5O3/c1-17-10-18(12-20(11-17)27(29,30)31)13-32-26(39)35-9-8-24(37)36-22(15-33(2)3)25(38)34(16-23(35)36)14-19-6-4-5-7-21(19)28/h4-7,10-12,22-23H,8-9,13-16H2,1-3H3,(H,32,39)/t22-,23+/m0/s1. The van der Waals surface area contributed by atoms with Gasteiger partial charge in [-0.1, -0.05) is 41.4 Å². The second-order valence-corrected chi connectivity index (χ2v) is 10.6. The Bertz CT molecular complexity index is 1260. The van der Waals surface area contributed by atoms with Crippen LogP contribution in [0, 0.1) is 6.92 Å². The van der Waals surface area contributed by atoms with E-state index in [1.807, 2.05) is 12.1 Å². The molecule has 0 aromatic heterocycles. The zero-order valence-corrected chi connectivity index (χ0v) is 22.7. The fourth-order valence-electron chi connectivity index (χ4n) is 5.13. The van der Waals surface area contributed by atoms with Gasteiger partial charge in [-0.25, -0.2) is 4.79 Å². The van der Waals surface area contributed by atoms with Crippen molar-refractivity contribution in [3.63, 3.8) is 0 Å². The largest absolute Gasteiger partial charge is 0.416 e. The van der Waals surface area contributed by atoms with Crippen molar-refractivity contribution in [2.45, 2.75) is 44.8 Å². The van der Waals surface area contributed by atoms with E-state index in [1.165, 1.54) is 9.80 Å². The lowest BCUT2D eigenvalue weighted by Gasteiger charge is -2.52. The molecule has 39 heavy (non-hydrogen) atoms. The Labute approximate surface area is 230 Å². The van der Waals surface area contributed by atoms with Gasteiger partial charge in [-0.2, -0.15) is 13.2 Å².